The largest absolute Gasteiger partial charge is 0.139 e. The van der Waals surface area contributed by atoms with Crippen molar-refractivity contribution in [1.82, 2.24) is 0 Å². The molecule has 0 aliphatic rings. The third kappa shape index (κ3) is 1.33. The summed E-state index contributed by atoms with van der Waals surface area (Å²) in [5.41, 5.74) is 0. The predicted molar refractivity (Wildman–Crippen MR) is 56.6 cm³/mol. The summed E-state index contributed by atoms with van der Waals surface area (Å²) in [5, 5.41) is 2.58. The van der Waals surface area contributed by atoms with Crippen LogP contribution in [0.2, 0.25) is 10.0 Å². The van der Waals surface area contributed by atoms with E-state index in [4.69, 9.17) is 23.2 Å². The summed E-state index contributed by atoms with van der Waals surface area (Å²) >= 11 is 13.6. The molecular formula is C9H6Cl2S. The van der Waals surface area contributed by atoms with Crippen molar-refractivity contribution in [3.8, 4) is 0 Å². The zero-order chi connectivity index (χ0) is 8.72. The maximum Gasteiger partial charge on any atom is 0.0599 e. The van der Waals surface area contributed by atoms with Crippen molar-refractivity contribution in [2.45, 2.75) is 6.92 Å². The summed E-state index contributed by atoms with van der Waals surface area (Å²) < 4.78 is 1.12. The van der Waals surface area contributed by atoms with Gasteiger partial charge in [0.25, 0.3) is 0 Å². The summed E-state index contributed by atoms with van der Waals surface area (Å²) in [6.07, 6.45) is 0. The molecule has 0 nitrogen and oxygen atoms in total. The molecular weight excluding hydrogens is 211 g/mol. The van der Waals surface area contributed by atoms with Crippen molar-refractivity contribution in [1.29, 1.82) is 0 Å². The van der Waals surface area contributed by atoms with Crippen LogP contribution in [0.5, 0.6) is 0 Å². The number of aryl methyl sites for hydroxylation is 1. The van der Waals surface area contributed by atoms with Gasteiger partial charge in [-0.2, -0.15) is 0 Å². The molecule has 0 aliphatic heterocycles. The highest BCUT2D eigenvalue weighted by atomic mass is 35.5. The molecule has 0 saturated heterocycles. The van der Waals surface area contributed by atoms with Crippen LogP contribution in [0.1, 0.15) is 4.88 Å². The lowest BCUT2D eigenvalue weighted by atomic mass is 10.2. The molecule has 0 spiro atoms. The lowest BCUT2D eigenvalue weighted by molar-refractivity contribution is 1.65. The number of rotatable bonds is 0. The fraction of sp³-hybridized carbons (Fsp3) is 0.111. The summed E-state index contributed by atoms with van der Waals surface area (Å²) in [5.74, 6) is 0. The third-order valence-electron chi connectivity index (χ3n) is 1.66. The Bertz CT molecular complexity index is 431. The topological polar surface area (TPSA) is 0 Å². The van der Waals surface area contributed by atoms with Crippen LogP contribution >= 0.6 is 34.5 Å². The lowest BCUT2D eigenvalue weighted by Gasteiger charge is -1.93. The van der Waals surface area contributed by atoms with Crippen LogP contribution in [0, 0.1) is 6.92 Å². The van der Waals surface area contributed by atoms with E-state index in [0.717, 1.165) is 15.1 Å². The lowest BCUT2D eigenvalue weighted by Crippen LogP contribution is -1.66. The van der Waals surface area contributed by atoms with Gasteiger partial charge < -0.3 is 0 Å². The Labute approximate surface area is 84.7 Å². The molecule has 3 heteroatoms. The maximum atomic E-state index is 6.00. The van der Waals surface area contributed by atoms with Gasteiger partial charge in [-0.1, -0.05) is 23.2 Å². The predicted octanol–water partition coefficient (Wildman–Crippen LogP) is 4.52. The SMILES string of the molecule is Cc1cc2cc(Cl)cc(Cl)c2s1. The van der Waals surface area contributed by atoms with Crippen LogP contribution in [-0.2, 0) is 0 Å². The molecule has 0 atom stereocenters. The van der Waals surface area contributed by atoms with Gasteiger partial charge in [0.05, 0.1) is 9.72 Å². The van der Waals surface area contributed by atoms with Gasteiger partial charge in [0, 0.05) is 9.90 Å². The first-order valence-corrected chi connectivity index (χ1v) is 5.09. The fourth-order valence-electron chi connectivity index (χ4n) is 1.20. The number of halogens is 2. The Balaban J connectivity index is 2.88. The van der Waals surface area contributed by atoms with E-state index in [9.17, 15) is 0 Å². The minimum atomic E-state index is 0.699. The Morgan fingerprint density at radius 1 is 1.17 bits per heavy atom. The molecule has 0 fully saturated rings. The molecule has 2 aromatic rings. The average Bonchev–Trinajstić information content (AvgIpc) is 2.29. The van der Waals surface area contributed by atoms with Gasteiger partial charge in [0.2, 0.25) is 0 Å². The first kappa shape index (κ1) is 8.36. The molecule has 0 aliphatic carbocycles. The monoisotopic (exact) mass is 216 g/mol. The van der Waals surface area contributed by atoms with Gasteiger partial charge in [-0.25, -0.2) is 0 Å². The molecule has 0 N–H and O–H groups in total. The number of thiophene rings is 1. The molecule has 1 heterocycles. The van der Waals surface area contributed by atoms with Gasteiger partial charge in [-0.3, -0.25) is 0 Å². The number of hydrogen-bond acceptors (Lipinski definition) is 1. The first-order chi connectivity index (χ1) is 5.66. The average molecular weight is 217 g/mol. The zero-order valence-corrected chi connectivity index (χ0v) is 8.72. The molecule has 0 unspecified atom stereocenters. The molecule has 62 valence electrons. The van der Waals surface area contributed by atoms with Gasteiger partial charge in [0.15, 0.2) is 0 Å². The van der Waals surface area contributed by atoms with Crippen molar-refractivity contribution in [3.05, 3.63) is 33.1 Å². The van der Waals surface area contributed by atoms with Crippen molar-refractivity contribution in [2.75, 3.05) is 0 Å². The van der Waals surface area contributed by atoms with E-state index in [2.05, 4.69) is 13.0 Å². The minimum Gasteiger partial charge on any atom is -0.139 e. The van der Waals surface area contributed by atoms with Crippen molar-refractivity contribution in [2.24, 2.45) is 0 Å². The molecule has 12 heavy (non-hydrogen) atoms. The second-order valence-electron chi connectivity index (χ2n) is 2.66. The van der Waals surface area contributed by atoms with E-state index in [1.54, 1.807) is 17.4 Å². The van der Waals surface area contributed by atoms with Crippen molar-refractivity contribution >= 4 is 44.6 Å². The van der Waals surface area contributed by atoms with Gasteiger partial charge >= 0.3 is 0 Å². The van der Waals surface area contributed by atoms with E-state index >= 15 is 0 Å². The number of benzene rings is 1. The second kappa shape index (κ2) is 2.91. The van der Waals surface area contributed by atoms with Gasteiger partial charge in [-0.05, 0) is 30.5 Å². The van der Waals surface area contributed by atoms with Crippen LogP contribution in [0.3, 0.4) is 0 Å². The van der Waals surface area contributed by atoms with E-state index < -0.39 is 0 Å². The molecule has 1 aromatic carbocycles. The highest BCUT2D eigenvalue weighted by Crippen LogP contribution is 2.33. The Morgan fingerprint density at radius 2 is 1.92 bits per heavy atom. The molecule has 0 bridgehead atoms. The summed E-state index contributed by atoms with van der Waals surface area (Å²) in [6, 6.07) is 5.81. The van der Waals surface area contributed by atoms with Crippen LogP contribution in [0.4, 0.5) is 0 Å². The van der Waals surface area contributed by atoms with E-state index in [1.807, 2.05) is 6.07 Å². The fourth-order valence-corrected chi connectivity index (χ4v) is 2.73. The van der Waals surface area contributed by atoms with E-state index in [1.165, 1.54) is 4.88 Å². The molecule has 0 saturated carbocycles. The molecule has 0 amide bonds. The van der Waals surface area contributed by atoms with Crippen LogP contribution in [0.25, 0.3) is 10.1 Å². The minimum absolute atomic E-state index is 0.699. The summed E-state index contributed by atoms with van der Waals surface area (Å²) in [6.45, 7) is 2.06. The summed E-state index contributed by atoms with van der Waals surface area (Å²) in [4.78, 5) is 1.26. The Hall–Kier alpha value is -0.240. The van der Waals surface area contributed by atoms with Crippen LogP contribution in [-0.4, -0.2) is 0 Å². The van der Waals surface area contributed by atoms with E-state index in [-0.39, 0.29) is 0 Å². The standard InChI is InChI=1S/C9H6Cl2S/c1-5-2-6-3-7(10)4-8(11)9(6)12-5/h2-4H,1H3. The van der Waals surface area contributed by atoms with Gasteiger partial charge in [0.1, 0.15) is 0 Å². The van der Waals surface area contributed by atoms with E-state index in [0.29, 0.717) is 5.02 Å². The van der Waals surface area contributed by atoms with Crippen molar-refractivity contribution < 1.29 is 0 Å². The van der Waals surface area contributed by atoms with Gasteiger partial charge in [-0.15, -0.1) is 11.3 Å². The van der Waals surface area contributed by atoms with Crippen LogP contribution in [0.15, 0.2) is 18.2 Å². The maximum absolute atomic E-state index is 6.00. The third-order valence-corrected chi connectivity index (χ3v) is 3.39. The molecule has 1 aromatic heterocycles. The van der Waals surface area contributed by atoms with Crippen LogP contribution < -0.4 is 0 Å². The molecule has 0 radical (unpaired) electrons. The smallest absolute Gasteiger partial charge is 0.0599 e. The number of fused-ring (bicyclic) bond motifs is 1. The first-order valence-electron chi connectivity index (χ1n) is 3.52. The highest BCUT2D eigenvalue weighted by molar-refractivity contribution is 7.19. The Morgan fingerprint density at radius 3 is 2.67 bits per heavy atom. The summed E-state index contributed by atoms with van der Waals surface area (Å²) in [7, 11) is 0. The number of hydrogen-bond donors (Lipinski definition) is 0. The second-order valence-corrected chi connectivity index (χ2v) is 4.76. The molecule has 2 rings (SSSR count). The highest BCUT2D eigenvalue weighted by Gasteiger charge is 2.03. The quantitative estimate of drug-likeness (QED) is 0.608. The zero-order valence-electron chi connectivity index (χ0n) is 6.40. The Kier molecular flexibility index (Phi) is 2.03. The normalized spacial score (nSPS) is 10.9. The van der Waals surface area contributed by atoms with Crippen molar-refractivity contribution in [3.63, 3.8) is 0 Å².